The summed E-state index contributed by atoms with van der Waals surface area (Å²) in [6.07, 6.45) is 2.48. The minimum Gasteiger partial charge on any atom is -0.486 e. The van der Waals surface area contributed by atoms with E-state index in [4.69, 9.17) is 9.47 Å². The van der Waals surface area contributed by atoms with E-state index in [1.807, 2.05) is 0 Å². The minimum absolute atomic E-state index is 0.0206. The van der Waals surface area contributed by atoms with Crippen LogP contribution in [0, 0.1) is 0 Å². The summed E-state index contributed by atoms with van der Waals surface area (Å²) >= 11 is 1.14. The lowest BCUT2D eigenvalue weighted by Crippen LogP contribution is -2.45. The maximum Gasteiger partial charge on any atom is 0.263 e. The van der Waals surface area contributed by atoms with E-state index in [-0.39, 0.29) is 15.7 Å². The number of carbonyl (C=O) groups is 1. The number of sulfonamides is 2. The number of thiazole rings is 1. The molecule has 0 bridgehead atoms. The number of anilines is 3. The molecule has 0 aliphatic carbocycles. The number of rotatable bonds is 8. The Balaban J connectivity index is 1.51. The van der Waals surface area contributed by atoms with E-state index in [0.29, 0.717) is 30.4 Å². The van der Waals surface area contributed by atoms with E-state index in [9.17, 15) is 21.6 Å². The Hall–Kier alpha value is -3.36. The average molecular weight is 539 g/mol. The largest absolute Gasteiger partial charge is 0.486 e. The van der Waals surface area contributed by atoms with Gasteiger partial charge in [0.05, 0.1) is 16.8 Å². The van der Waals surface area contributed by atoms with Gasteiger partial charge in [0.15, 0.2) is 16.6 Å². The van der Waals surface area contributed by atoms with Crippen LogP contribution in [0.3, 0.4) is 0 Å². The molecular weight excluding hydrogens is 516 g/mol. The Morgan fingerprint density at radius 2 is 1.74 bits per heavy atom. The van der Waals surface area contributed by atoms with Crippen molar-refractivity contribution in [2.45, 2.75) is 17.9 Å². The highest BCUT2D eigenvalue weighted by molar-refractivity contribution is 7.93. The molecule has 11 nitrogen and oxygen atoms in total. The minimum atomic E-state index is -3.85. The molecule has 0 radical (unpaired) electrons. The highest BCUT2D eigenvalue weighted by Crippen LogP contribution is 2.35. The van der Waals surface area contributed by atoms with Crippen LogP contribution < -0.4 is 23.8 Å². The molecule has 1 aromatic heterocycles. The number of nitrogens with one attached hydrogen (secondary N) is 2. The van der Waals surface area contributed by atoms with Gasteiger partial charge in [-0.3, -0.25) is 13.8 Å². The van der Waals surface area contributed by atoms with Crippen molar-refractivity contribution in [2.75, 3.05) is 33.8 Å². The lowest BCUT2D eigenvalue weighted by Gasteiger charge is -2.29. The van der Waals surface area contributed by atoms with Gasteiger partial charge < -0.3 is 14.8 Å². The summed E-state index contributed by atoms with van der Waals surface area (Å²) in [6.45, 7) is 2.17. The second-order valence-corrected chi connectivity index (χ2v) is 12.0. The predicted octanol–water partition coefficient (Wildman–Crippen LogP) is 2.51. The van der Waals surface area contributed by atoms with Gasteiger partial charge in [0.25, 0.3) is 10.0 Å². The van der Waals surface area contributed by atoms with Crippen LogP contribution in [-0.4, -0.2) is 53.2 Å². The number of carbonyl (C=O) groups excluding carboxylic acids is 1. The Morgan fingerprint density at radius 3 is 2.37 bits per heavy atom. The normalized spacial score (nSPS) is 14.1. The smallest absolute Gasteiger partial charge is 0.263 e. The summed E-state index contributed by atoms with van der Waals surface area (Å²) < 4.78 is 64.5. The first kappa shape index (κ1) is 24.8. The molecule has 1 aliphatic rings. The molecule has 2 N–H and O–H groups in total. The first-order chi connectivity index (χ1) is 16.5. The standard InChI is InChI=1S/C21H22N4O7S3/c1-14(25(34(2,27)28)16-5-8-18-19(13-16)32-11-10-31-18)20(26)23-15-3-6-17(7-4-15)35(29,30)24-21-22-9-12-33-21/h3-9,12-14H,10-11H2,1-2H3,(H,22,24)(H,23,26)/t14-/m0/s1. The molecule has 1 atom stereocenters. The highest BCUT2D eigenvalue weighted by Gasteiger charge is 2.30. The van der Waals surface area contributed by atoms with Crippen LogP contribution in [0.5, 0.6) is 11.5 Å². The maximum atomic E-state index is 12.9. The van der Waals surface area contributed by atoms with Crippen molar-refractivity contribution >= 4 is 53.8 Å². The fourth-order valence-corrected chi connectivity index (χ4v) is 6.35. The monoisotopic (exact) mass is 538 g/mol. The number of amides is 1. The maximum absolute atomic E-state index is 12.9. The molecule has 35 heavy (non-hydrogen) atoms. The zero-order valence-corrected chi connectivity index (χ0v) is 21.1. The second kappa shape index (κ2) is 9.71. The number of aromatic nitrogens is 1. The van der Waals surface area contributed by atoms with Gasteiger partial charge in [-0.25, -0.2) is 21.8 Å². The number of hydrogen-bond acceptors (Lipinski definition) is 9. The van der Waals surface area contributed by atoms with Crippen LogP contribution >= 0.6 is 11.3 Å². The van der Waals surface area contributed by atoms with Gasteiger partial charge in [0.1, 0.15) is 19.3 Å². The van der Waals surface area contributed by atoms with Crippen molar-refractivity contribution in [1.29, 1.82) is 0 Å². The Morgan fingerprint density at radius 1 is 1.06 bits per heavy atom. The van der Waals surface area contributed by atoms with Crippen LogP contribution in [0.1, 0.15) is 6.92 Å². The third kappa shape index (κ3) is 5.66. The van der Waals surface area contributed by atoms with Gasteiger partial charge in [0.2, 0.25) is 15.9 Å². The second-order valence-electron chi connectivity index (χ2n) is 7.52. The van der Waals surface area contributed by atoms with E-state index in [1.165, 1.54) is 49.5 Å². The summed E-state index contributed by atoms with van der Waals surface area (Å²) in [6, 6.07) is 8.98. The molecule has 0 unspecified atom stereocenters. The fraction of sp³-hybridized carbons (Fsp3) is 0.238. The van der Waals surface area contributed by atoms with Crippen molar-refractivity contribution in [2.24, 2.45) is 0 Å². The van der Waals surface area contributed by atoms with Gasteiger partial charge in [-0.15, -0.1) is 11.3 Å². The number of benzene rings is 2. The molecule has 0 fully saturated rings. The predicted molar refractivity (Wildman–Crippen MR) is 132 cm³/mol. The number of fused-ring (bicyclic) bond motifs is 1. The lowest BCUT2D eigenvalue weighted by atomic mass is 10.2. The van der Waals surface area contributed by atoms with Crippen molar-refractivity contribution in [3.8, 4) is 11.5 Å². The van der Waals surface area contributed by atoms with Crippen molar-refractivity contribution < 1.29 is 31.1 Å². The molecule has 2 heterocycles. The van der Waals surface area contributed by atoms with Gasteiger partial charge in [0, 0.05) is 23.3 Å². The van der Waals surface area contributed by atoms with E-state index in [0.717, 1.165) is 21.9 Å². The molecular formula is C21H22N4O7S3. The van der Waals surface area contributed by atoms with E-state index in [1.54, 1.807) is 11.4 Å². The molecule has 2 aromatic carbocycles. The van der Waals surface area contributed by atoms with E-state index in [2.05, 4.69) is 15.0 Å². The number of hydrogen-bond donors (Lipinski definition) is 2. The Bertz CT molecular complexity index is 1420. The van der Waals surface area contributed by atoms with Gasteiger partial charge >= 0.3 is 0 Å². The molecule has 186 valence electrons. The van der Waals surface area contributed by atoms with Crippen LogP contribution in [0.2, 0.25) is 0 Å². The van der Waals surface area contributed by atoms with Crippen molar-refractivity contribution in [3.05, 3.63) is 54.0 Å². The Labute approximate surface area is 206 Å². The highest BCUT2D eigenvalue weighted by atomic mass is 32.2. The van der Waals surface area contributed by atoms with Gasteiger partial charge in [-0.1, -0.05) is 0 Å². The molecule has 0 spiro atoms. The molecule has 0 saturated carbocycles. The van der Waals surface area contributed by atoms with Crippen LogP contribution in [0.4, 0.5) is 16.5 Å². The van der Waals surface area contributed by atoms with Gasteiger partial charge in [-0.05, 0) is 43.3 Å². The van der Waals surface area contributed by atoms with Crippen molar-refractivity contribution in [3.63, 3.8) is 0 Å². The zero-order valence-electron chi connectivity index (χ0n) is 18.7. The molecule has 1 aliphatic heterocycles. The van der Waals surface area contributed by atoms with E-state index >= 15 is 0 Å². The SMILES string of the molecule is C[C@@H](C(=O)Nc1ccc(S(=O)(=O)Nc2nccs2)cc1)N(c1ccc2c(c1)OCCO2)S(C)(=O)=O. The number of nitrogens with zero attached hydrogens (tertiary/aromatic N) is 2. The van der Waals surface area contributed by atoms with Crippen LogP contribution in [0.25, 0.3) is 0 Å². The van der Waals surface area contributed by atoms with Crippen LogP contribution in [0.15, 0.2) is 58.9 Å². The molecule has 0 saturated heterocycles. The summed E-state index contributed by atoms with van der Waals surface area (Å²) in [5, 5.41) is 4.50. The topological polar surface area (TPSA) is 144 Å². The third-order valence-corrected chi connectivity index (χ3v) is 8.37. The van der Waals surface area contributed by atoms with Gasteiger partial charge in [-0.2, -0.15) is 0 Å². The van der Waals surface area contributed by atoms with Crippen LogP contribution in [-0.2, 0) is 24.8 Å². The quantitative estimate of drug-likeness (QED) is 0.445. The lowest BCUT2D eigenvalue weighted by molar-refractivity contribution is -0.116. The average Bonchev–Trinajstić information content (AvgIpc) is 3.31. The summed E-state index contributed by atoms with van der Waals surface area (Å²) in [5.74, 6) is 0.268. The number of ether oxygens (including phenoxy) is 2. The first-order valence-electron chi connectivity index (χ1n) is 10.3. The third-order valence-electron chi connectivity index (χ3n) is 4.95. The fourth-order valence-electron chi connectivity index (χ4n) is 3.39. The summed E-state index contributed by atoms with van der Waals surface area (Å²) in [4.78, 5) is 16.8. The first-order valence-corrected chi connectivity index (χ1v) is 14.5. The molecule has 3 aromatic rings. The van der Waals surface area contributed by atoms with E-state index < -0.39 is 32.0 Å². The summed E-state index contributed by atoms with van der Waals surface area (Å²) in [5.41, 5.74) is 0.541. The molecule has 14 heteroatoms. The molecule has 1 amide bonds. The Kier molecular flexibility index (Phi) is 6.87. The molecule has 4 rings (SSSR count). The zero-order chi connectivity index (χ0) is 25.2. The summed E-state index contributed by atoms with van der Waals surface area (Å²) in [7, 11) is -7.69. The van der Waals surface area contributed by atoms with Crippen molar-refractivity contribution in [1.82, 2.24) is 4.98 Å².